The lowest BCUT2D eigenvalue weighted by molar-refractivity contribution is -0.120. The van der Waals surface area contributed by atoms with Gasteiger partial charge in [-0.2, -0.15) is 5.10 Å². The average Bonchev–Trinajstić information content (AvgIpc) is 2.60. The van der Waals surface area contributed by atoms with E-state index in [0.717, 1.165) is 4.47 Å². The van der Waals surface area contributed by atoms with E-state index in [1.165, 1.54) is 37.6 Å². The van der Waals surface area contributed by atoms with Crippen LogP contribution >= 0.6 is 15.9 Å². The van der Waals surface area contributed by atoms with Crippen LogP contribution in [0.15, 0.2) is 52.0 Å². The molecule has 130 valence electrons. The molecule has 0 saturated heterocycles. The normalized spacial score (nSPS) is 10.5. The Labute approximate surface area is 152 Å². The van der Waals surface area contributed by atoms with Gasteiger partial charge in [0.25, 0.3) is 11.8 Å². The van der Waals surface area contributed by atoms with Crippen molar-refractivity contribution in [1.82, 2.24) is 10.7 Å². The van der Waals surface area contributed by atoms with Crippen molar-refractivity contribution < 1.29 is 18.7 Å². The first-order chi connectivity index (χ1) is 12.0. The Morgan fingerprint density at radius 1 is 1.24 bits per heavy atom. The highest BCUT2D eigenvalue weighted by Gasteiger charge is 2.07. The standard InChI is InChI=1S/C17H15BrFN3O3/c1-25-15-7-4-13(18)8-12(15)9-21-22-16(23)10-20-17(24)11-2-5-14(19)6-3-11/h2-9H,10H2,1H3,(H,20,24)(H,22,23). The Kier molecular flexibility index (Phi) is 6.64. The van der Waals surface area contributed by atoms with E-state index in [9.17, 15) is 14.0 Å². The number of hydrazone groups is 1. The Balaban J connectivity index is 1.85. The Bertz CT molecular complexity index is 794. The van der Waals surface area contributed by atoms with E-state index >= 15 is 0 Å². The third kappa shape index (κ3) is 5.68. The molecule has 6 nitrogen and oxygen atoms in total. The highest BCUT2D eigenvalue weighted by Crippen LogP contribution is 2.21. The number of methoxy groups -OCH3 is 1. The van der Waals surface area contributed by atoms with E-state index in [2.05, 4.69) is 31.8 Å². The molecule has 2 aromatic carbocycles. The average molecular weight is 408 g/mol. The molecule has 0 aliphatic heterocycles. The predicted molar refractivity (Wildman–Crippen MR) is 95.2 cm³/mol. The molecule has 2 rings (SSSR count). The minimum Gasteiger partial charge on any atom is -0.496 e. The number of nitrogens with zero attached hydrogens (tertiary/aromatic N) is 1. The summed E-state index contributed by atoms with van der Waals surface area (Å²) in [6, 6.07) is 10.4. The molecular weight excluding hydrogens is 393 g/mol. The molecule has 2 aromatic rings. The summed E-state index contributed by atoms with van der Waals surface area (Å²) in [6.45, 7) is -0.261. The van der Waals surface area contributed by atoms with Gasteiger partial charge >= 0.3 is 0 Å². The van der Waals surface area contributed by atoms with Gasteiger partial charge in [-0.3, -0.25) is 9.59 Å². The van der Waals surface area contributed by atoms with Crippen LogP contribution < -0.4 is 15.5 Å². The summed E-state index contributed by atoms with van der Waals surface area (Å²) in [7, 11) is 1.53. The van der Waals surface area contributed by atoms with Crippen LogP contribution in [-0.2, 0) is 4.79 Å². The van der Waals surface area contributed by atoms with Gasteiger partial charge in [0.05, 0.1) is 19.9 Å². The molecule has 0 aromatic heterocycles. The number of halogens is 2. The van der Waals surface area contributed by atoms with Crippen molar-refractivity contribution in [2.45, 2.75) is 0 Å². The number of carbonyl (C=O) groups excluding carboxylic acids is 2. The van der Waals surface area contributed by atoms with Gasteiger partial charge < -0.3 is 10.1 Å². The zero-order valence-corrected chi connectivity index (χ0v) is 14.8. The number of benzene rings is 2. The molecule has 0 spiro atoms. The van der Waals surface area contributed by atoms with E-state index < -0.39 is 17.6 Å². The van der Waals surface area contributed by atoms with Crippen molar-refractivity contribution in [1.29, 1.82) is 0 Å². The maximum absolute atomic E-state index is 12.8. The Morgan fingerprint density at radius 2 is 1.96 bits per heavy atom. The first kappa shape index (κ1) is 18.6. The van der Waals surface area contributed by atoms with Crippen molar-refractivity contribution in [3.8, 4) is 5.75 Å². The quantitative estimate of drug-likeness (QED) is 0.570. The fourth-order valence-corrected chi connectivity index (χ4v) is 2.26. The van der Waals surface area contributed by atoms with E-state index in [4.69, 9.17) is 4.74 Å². The highest BCUT2D eigenvalue weighted by atomic mass is 79.9. The van der Waals surface area contributed by atoms with Gasteiger partial charge in [0.15, 0.2) is 0 Å². The second-order valence-electron chi connectivity index (χ2n) is 4.87. The number of hydrogen-bond acceptors (Lipinski definition) is 4. The first-order valence-electron chi connectivity index (χ1n) is 7.19. The van der Waals surface area contributed by atoms with Crippen LogP contribution in [0.4, 0.5) is 4.39 Å². The summed E-state index contributed by atoms with van der Waals surface area (Å²) in [5, 5.41) is 6.25. The lowest BCUT2D eigenvalue weighted by Crippen LogP contribution is -2.34. The Hall–Kier alpha value is -2.74. The third-order valence-electron chi connectivity index (χ3n) is 3.10. The summed E-state index contributed by atoms with van der Waals surface area (Å²) in [4.78, 5) is 23.5. The van der Waals surface area contributed by atoms with Gasteiger partial charge in [0, 0.05) is 15.6 Å². The molecule has 0 bridgehead atoms. The molecule has 25 heavy (non-hydrogen) atoms. The van der Waals surface area contributed by atoms with Crippen molar-refractivity contribution >= 4 is 34.0 Å². The van der Waals surface area contributed by atoms with Crippen molar-refractivity contribution in [2.75, 3.05) is 13.7 Å². The zero-order chi connectivity index (χ0) is 18.2. The molecule has 0 radical (unpaired) electrons. The molecule has 0 aliphatic carbocycles. The van der Waals surface area contributed by atoms with Gasteiger partial charge in [0.1, 0.15) is 11.6 Å². The molecule has 2 amide bonds. The minimum absolute atomic E-state index is 0.261. The van der Waals surface area contributed by atoms with Gasteiger partial charge in [-0.1, -0.05) is 15.9 Å². The van der Waals surface area contributed by atoms with Crippen LogP contribution in [0, 0.1) is 5.82 Å². The van der Waals surface area contributed by atoms with Crippen LogP contribution in [0.25, 0.3) is 0 Å². The van der Waals surface area contributed by atoms with Crippen LogP contribution in [0.1, 0.15) is 15.9 Å². The second-order valence-corrected chi connectivity index (χ2v) is 5.78. The van der Waals surface area contributed by atoms with Crippen LogP contribution in [0.3, 0.4) is 0 Å². The van der Waals surface area contributed by atoms with E-state index in [1.807, 2.05) is 6.07 Å². The monoisotopic (exact) mass is 407 g/mol. The van der Waals surface area contributed by atoms with E-state index in [1.54, 1.807) is 12.1 Å². The van der Waals surface area contributed by atoms with E-state index in [0.29, 0.717) is 11.3 Å². The van der Waals surface area contributed by atoms with Crippen LogP contribution in [0.2, 0.25) is 0 Å². The number of amides is 2. The van der Waals surface area contributed by atoms with Crippen LogP contribution in [0.5, 0.6) is 5.75 Å². The third-order valence-corrected chi connectivity index (χ3v) is 3.59. The first-order valence-corrected chi connectivity index (χ1v) is 7.98. The highest BCUT2D eigenvalue weighted by molar-refractivity contribution is 9.10. The molecule has 8 heteroatoms. The summed E-state index contributed by atoms with van der Waals surface area (Å²) < 4.78 is 18.8. The molecular formula is C17H15BrFN3O3. The lowest BCUT2D eigenvalue weighted by Gasteiger charge is -2.05. The van der Waals surface area contributed by atoms with Crippen molar-refractivity contribution in [3.63, 3.8) is 0 Å². The molecule has 0 saturated carbocycles. The Morgan fingerprint density at radius 3 is 2.64 bits per heavy atom. The number of ether oxygens (including phenoxy) is 1. The smallest absolute Gasteiger partial charge is 0.259 e. The fraction of sp³-hybridized carbons (Fsp3) is 0.118. The zero-order valence-electron chi connectivity index (χ0n) is 13.3. The lowest BCUT2D eigenvalue weighted by atomic mass is 10.2. The molecule has 2 N–H and O–H groups in total. The molecule has 0 unspecified atom stereocenters. The van der Waals surface area contributed by atoms with E-state index in [-0.39, 0.29) is 12.1 Å². The van der Waals surface area contributed by atoms with Gasteiger partial charge in [-0.25, -0.2) is 9.82 Å². The molecule has 0 fully saturated rings. The topological polar surface area (TPSA) is 79.8 Å². The maximum Gasteiger partial charge on any atom is 0.259 e. The molecule has 0 aliphatic rings. The SMILES string of the molecule is COc1ccc(Br)cc1C=NNC(=O)CNC(=O)c1ccc(F)cc1. The molecule has 0 heterocycles. The van der Waals surface area contributed by atoms with Crippen molar-refractivity contribution in [3.05, 3.63) is 63.9 Å². The minimum atomic E-state index is -0.499. The molecule has 0 atom stereocenters. The number of rotatable bonds is 6. The fourth-order valence-electron chi connectivity index (χ4n) is 1.88. The maximum atomic E-state index is 12.8. The number of carbonyl (C=O) groups is 2. The van der Waals surface area contributed by atoms with Crippen LogP contribution in [-0.4, -0.2) is 31.7 Å². The largest absolute Gasteiger partial charge is 0.496 e. The van der Waals surface area contributed by atoms with Gasteiger partial charge in [0.2, 0.25) is 0 Å². The summed E-state index contributed by atoms with van der Waals surface area (Å²) >= 11 is 3.34. The predicted octanol–water partition coefficient (Wildman–Crippen LogP) is 2.48. The number of nitrogens with one attached hydrogen (secondary N) is 2. The van der Waals surface area contributed by atoms with Crippen molar-refractivity contribution in [2.24, 2.45) is 5.10 Å². The summed E-state index contributed by atoms with van der Waals surface area (Å²) in [5.74, 6) is -0.814. The summed E-state index contributed by atoms with van der Waals surface area (Å²) in [5.41, 5.74) is 3.24. The number of hydrogen-bond donors (Lipinski definition) is 2. The summed E-state index contributed by atoms with van der Waals surface area (Å²) in [6.07, 6.45) is 1.43. The second kappa shape index (κ2) is 8.93. The van der Waals surface area contributed by atoms with Gasteiger partial charge in [-0.05, 0) is 42.5 Å². The van der Waals surface area contributed by atoms with Gasteiger partial charge in [-0.15, -0.1) is 0 Å².